The van der Waals surface area contributed by atoms with Crippen LogP contribution in [0, 0.1) is 5.92 Å². The Hall–Kier alpha value is -1.28. The number of nitrogens with zero attached hydrogens (tertiary/aromatic N) is 3. The minimum absolute atomic E-state index is 0. The topological polar surface area (TPSA) is 69.1 Å². The Morgan fingerprint density at radius 2 is 2.13 bits per heavy atom. The van der Waals surface area contributed by atoms with E-state index >= 15 is 0 Å². The van der Waals surface area contributed by atoms with Gasteiger partial charge in [0, 0.05) is 0 Å². The third kappa shape index (κ3) is 4.60. The first-order valence-corrected chi connectivity index (χ1v) is 8.37. The average Bonchev–Trinajstić information content (AvgIpc) is 2.99. The van der Waals surface area contributed by atoms with Crippen molar-refractivity contribution in [2.75, 3.05) is 38.5 Å². The molecule has 23 heavy (non-hydrogen) atoms. The van der Waals surface area contributed by atoms with Gasteiger partial charge in [-0.1, -0.05) is 6.07 Å². The van der Waals surface area contributed by atoms with E-state index in [4.69, 9.17) is 0 Å². The molecular weight excluding hydrogens is 334 g/mol. The Kier molecular flexibility index (Phi) is 6.71. The standard InChI is InChI=1S/C15H21N5OS.ClH/c1-16-9-11-5-7-20(8-6-11)10-14(21)17-12-3-2-4-13-15(12)19-22-18-13;/h2-4,11,16H,5-10H2,1H3,(H,17,21);1H. The van der Waals surface area contributed by atoms with E-state index in [9.17, 15) is 4.79 Å². The van der Waals surface area contributed by atoms with Crippen molar-refractivity contribution in [2.45, 2.75) is 12.8 Å². The van der Waals surface area contributed by atoms with Crippen LogP contribution in [0.15, 0.2) is 26.9 Å². The first-order valence-electron chi connectivity index (χ1n) is 7.64. The highest BCUT2D eigenvalue weighted by atomic mass is 35.5. The van der Waals surface area contributed by atoms with Gasteiger partial charge >= 0.3 is 0 Å². The van der Waals surface area contributed by atoms with Crippen molar-refractivity contribution in [3.8, 4) is 0 Å². The Balaban J connectivity index is 0.00000192. The molecule has 1 aromatic rings. The summed E-state index contributed by atoms with van der Waals surface area (Å²) in [6.45, 7) is 3.49. The van der Waals surface area contributed by atoms with Gasteiger partial charge < -0.3 is 10.6 Å². The van der Waals surface area contributed by atoms with Gasteiger partial charge in [-0.25, -0.2) is 0 Å². The Morgan fingerprint density at radius 1 is 1.35 bits per heavy atom. The van der Waals surface area contributed by atoms with Gasteiger partial charge in [0.05, 0.1) is 23.6 Å². The summed E-state index contributed by atoms with van der Waals surface area (Å²) < 4.78 is 8.44. The lowest BCUT2D eigenvalue weighted by Crippen LogP contribution is -2.40. The number of likely N-dealkylation sites (tertiary alicyclic amines) is 1. The molecular formula is C15H22ClN5OS. The second-order valence-electron chi connectivity index (χ2n) is 5.76. The summed E-state index contributed by atoms with van der Waals surface area (Å²) in [5.74, 6) is 0.756. The molecule has 2 heterocycles. The number of amides is 1. The molecule has 8 heteroatoms. The van der Waals surface area contributed by atoms with Crippen molar-refractivity contribution in [1.82, 2.24) is 10.2 Å². The van der Waals surface area contributed by atoms with Gasteiger partial charge in [0.25, 0.3) is 0 Å². The van der Waals surface area contributed by atoms with E-state index < -0.39 is 0 Å². The number of benzene rings is 1. The van der Waals surface area contributed by atoms with E-state index in [2.05, 4.69) is 24.3 Å². The van der Waals surface area contributed by atoms with Crippen LogP contribution in [0.3, 0.4) is 0 Å². The van der Waals surface area contributed by atoms with Crippen LogP contribution in [0.25, 0.3) is 0 Å². The maximum absolute atomic E-state index is 12.2. The third-order valence-electron chi connectivity index (χ3n) is 4.13. The van der Waals surface area contributed by atoms with Crippen LogP contribution in [-0.2, 0) is 16.1 Å². The van der Waals surface area contributed by atoms with E-state index in [0.717, 1.165) is 55.5 Å². The number of fused-ring (bicyclic) bond motifs is 1. The summed E-state index contributed by atoms with van der Waals surface area (Å²) in [4.78, 5) is 14.5. The lowest BCUT2D eigenvalue weighted by Gasteiger charge is -2.31. The van der Waals surface area contributed by atoms with E-state index in [0.29, 0.717) is 6.54 Å². The maximum Gasteiger partial charge on any atom is 0.238 e. The zero-order valence-electron chi connectivity index (χ0n) is 13.1. The second kappa shape index (κ2) is 8.54. The molecule has 0 atom stereocenters. The Labute approximate surface area is 146 Å². The van der Waals surface area contributed by atoms with Crippen molar-refractivity contribution in [3.05, 3.63) is 18.2 Å². The van der Waals surface area contributed by atoms with Crippen LogP contribution in [0.5, 0.6) is 0 Å². The highest BCUT2D eigenvalue weighted by Crippen LogP contribution is 2.38. The molecule has 0 bridgehead atoms. The van der Waals surface area contributed by atoms with E-state index in [1.54, 1.807) is 0 Å². The van der Waals surface area contributed by atoms with Gasteiger partial charge in [-0.3, -0.25) is 9.69 Å². The number of hydrogen-bond acceptors (Lipinski definition) is 5. The van der Waals surface area contributed by atoms with Crippen LogP contribution < -0.4 is 10.6 Å². The summed E-state index contributed by atoms with van der Waals surface area (Å²) >= 11 is 1.17. The predicted octanol–water partition coefficient (Wildman–Crippen LogP) is 2.70. The number of carbonyl (C=O) groups excluding carboxylic acids is 1. The molecule has 126 valence electrons. The number of nitrogens with one attached hydrogen (secondary N) is 2. The van der Waals surface area contributed by atoms with E-state index in [1.807, 2.05) is 25.2 Å². The number of anilines is 1. The van der Waals surface area contributed by atoms with Gasteiger partial charge in [0.1, 0.15) is 11.4 Å². The first-order chi connectivity index (χ1) is 10.8. The fourth-order valence-corrected chi connectivity index (χ4v) is 3.49. The first kappa shape index (κ1) is 18.1. The van der Waals surface area contributed by atoms with Gasteiger partial charge in [-0.05, 0) is 57.6 Å². The zero-order chi connectivity index (χ0) is 15.4. The smallest absolute Gasteiger partial charge is 0.238 e. The molecule has 2 aliphatic heterocycles. The molecule has 1 amide bonds. The molecule has 3 rings (SSSR count). The normalized spacial score (nSPS) is 17.3. The Morgan fingerprint density at radius 3 is 2.87 bits per heavy atom. The summed E-state index contributed by atoms with van der Waals surface area (Å²) in [5, 5.41) is 6.20. The molecule has 2 aliphatic rings. The van der Waals surface area contributed by atoms with Crippen LogP contribution in [0.1, 0.15) is 12.8 Å². The van der Waals surface area contributed by atoms with E-state index in [-0.39, 0.29) is 18.3 Å². The zero-order valence-corrected chi connectivity index (χ0v) is 14.8. The molecule has 0 spiro atoms. The molecule has 6 nitrogen and oxygen atoms in total. The summed E-state index contributed by atoms with van der Waals surface area (Å²) in [5.41, 5.74) is 2.35. The third-order valence-corrected chi connectivity index (χ3v) is 4.67. The van der Waals surface area contributed by atoms with Crippen LogP contribution in [0.4, 0.5) is 17.1 Å². The van der Waals surface area contributed by atoms with Gasteiger partial charge in [0.2, 0.25) is 5.91 Å². The monoisotopic (exact) mass is 355 g/mol. The number of hydrogen-bond donors (Lipinski definition) is 2. The molecule has 1 saturated heterocycles. The number of piperidine rings is 1. The van der Waals surface area contributed by atoms with Gasteiger partial charge in [-0.2, -0.15) is 8.73 Å². The molecule has 0 aromatic heterocycles. The predicted molar refractivity (Wildman–Crippen MR) is 97.0 cm³/mol. The molecule has 0 saturated carbocycles. The van der Waals surface area contributed by atoms with Crippen molar-refractivity contribution < 1.29 is 4.79 Å². The molecule has 1 aromatic carbocycles. The highest BCUT2D eigenvalue weighted by Gasteiger charge is 2.21. The molecule has 0 aliphatic carbocycles. The highest BCUT2D eigenvalue weighted by molar-refractivity contribution is 7.58. The summed E-state index contributed by atoms with van der Waals surface area (Å²) in [6.07, 6.45) is 2.30. The van der Waals surface area contributed by atoms with Crippen molar-refractivity contribution >= 4 is 46.7 Å². The lowest BCUT2D eigenvalue weighted by molar-refractivity contribution is -0.117. The summed E-state index contributed by atoms with van der Waals surface area (Å²) in [7, 11) is 1.99. The quantitative estimate of drug-likeness (QED) is 0.866. The molecule has 1 fully saturated rings. The number of rotatable bonds is 5. The minimum atomic E-state index is 0. The van der Waals surface area contributed by atoms with Crippen LogP contribution >= 0.6 is 12.4 Å². The number of carbonyl (C=O) groups is 1. The van der Waals surface area contributed by atoms with Crippen molar-refractivity contribution in [2.24, 2.45) is 14.6 Å². The van der Waals surface area contributed by atoms with Crippen molar-refractivity contribution in [3.63, 3.8) is 0 Å². The number of halogens is 1. The van der Waals surface area contributed by atoms with Crippen LogP contribution in [-0.4, -0.2) is 44.0 Å². The van der Waals surface area contributed by atoms with Gasteiger partial charge in [-0.15, -0.1) is 12.4 Å². The SMILES string of the molecule is CNCC1CCN(CC(=O)Nc2cccc3c2N=S=N3)CC1.Cl. The fourth-order valence-electron chi connectivity index (χ4n) is 2.94. The molecule has 2 N–H and O–H groups in total. The van der Waals surface area contributed by atoms with E-state index in [1.165, 1.54) is 11.4 Å². The van der Waals surface area contributed by atoms with Crippen molar-refractivity contribution in [1.29, 1.82) is 0 Å². The average molecular weight is 356 g/mol. The fraction of sp³-hybridized carbons (Fsp3) is 0.533. The Bertz CT molecular complexity index is 624. The minimum Gasteiger partial charge on any atom is -0.323 e. The summed E-state index contributed by atoms with van der Waals surface area (Å²) in [6, 6.07) is 5.67. The largest absolute Gasteiger partial charge is 0.323 e. The second-order valence-corrected chi connectivity index (χ2v) is 6.29. The lowest BCUT2D eigenvalue weighted by atomic mass is 9.97. The van der Waals surface area contributed by atoms with Crippen LogP contribution in [0.2, 0.25) is 0 Å². The maximum atomic E-state index is 12.2. The van der Waals surface area contributed by atoms with Gasteiger partial charge in [0.15, 0.2) is 0 Å². The molecule has 0 radical (unpaired) electrons. The molecule has 0 unspecified atom stereocenters.